The number of nitrogens with zero attached hydrogens (tertiary/aromatic N) is 2. The summed E-state index contributed by atoms with van der Waals surface area (Å²) in [6.07, 6.45) is 0. The molecule has 0 radical (unpaired) electrons. The molecule has 0 saturated heterocycles. The van der Waals surface area contributed by atoms with Crippen LogP contribution in [0.4, 0.5) is 0 Å². The van der Waals surface area contributed by atoms with Crippen molar-refractivity contribution in [2.24, 2.45) is 4.99 Å². The quantitative estimate of drug-likeness (QED) is 0.866. The Hall–Kier alpha value is -0.930. The van der Waals surface area contributed by atoms with Gasteiger partial charge in [-0.3, -0.25) is 4.99 Å². The molecule has 19 heavy (non-hydrogen) atoms. The first-order valence-electron chi connectivity index (χ1n) is 6.36. The van der Waals surface area contributed by atoms with E-state index in [2.05, 4.69) is 47.3 Å². The minimum atomic E-state index is 0. The van der Waals surface area contributed by atoms with Crippen molar-refractivity contribution in [3.05, 3.63) is 34.9 Å². The van der Waals surface area contributed by atoms with Crippen molar-refractivity contribution in [3.8, 4) is 0 Å². The molecule has 0 unspecified atom stereocenters. The highest BCUT2D eigenvalue weighted by atomic mass is 35.5. The Bertz CT molecular complexity index is 446. The first-order valence-corrected chi connectivity index (χ1v) is 6.90. The van der Waals surface area contributed by atoms with Gasteiger partial charge < -0.3 is 10.2 Å². The number of guanidine groups is 1. The van der Waals surface area contributed by atoms with E-state index in [4.69, 9.17) is 11.6 Å². The Kier molecular flexibility index (Phi) is 6.46. The summed E-state index contributed by atoms with van der Waals surface area (Å²) in [5.74, 6) is 1.63. The summed E-state index contributed by atoms with van der Waals surface area (Å²) in [7, 11) is 0. The third-order valence-electron chi connectivity index (χ3n) is 3.44. The SMILES string of the molecule is Cc1cccc(CNC2=NCCN2CCCl)c1C.Cl. The second-order valence-electron chi connectivity index (χ2n) is 4.59. The van der Waals surface area contributed by atoms with Crippen LogP contribution in [0.3, 0.4) is 0 Å². The van der Waals surface area contributed by atoms with Crippen molar-refractivity contribution in [1.82, 2.24) is 10.2 Å². The van der Waals surface area contributed by atoms with Crippen LogP contribution in [0.25, 0.3) is 0 Å². The van der Waals surface area contributed by atoms with Crippen molar-refractivity contribution in [2.45, 2.75) is 20.4 Å². The van der Waals surface area contributed by atoms with Crippen molar-refractivity contribution < 1.29 is 0 Å². The number of aryl methyl sites for hydroxylation is 1. The topological polar surface area (TPSA) is 27.6 Å². The normalized spacial score (nSPS) is 14.1. The summed E-state index contributed by atoms with van der Waals surface area (Å²) in [6.45, 7) is 7.84. The predicted molar refractivity (Wildman–Crippen MR) is 84.6 cm³/mol. The van der Waals surface area contributed by atoms with E-state index >= 15 is 0 Å². The van der Waals surface area contributed by atoms with Gasteiger partial charge in [0.2, 0.25) is 0 Å². The van der Waals surface area contributed by atoms with E-state index in [9.17, 15) is 0 Å². The Balaban J connectivity index is 0.00000180. The fourth-order valence-corrected chi connectivity index (χ4v) is 2.35. The molecular formula is C14H21Cl2N3. The molecule has 1 aromatic carbocycles. The summed E-state index contributed by atoms with van der Waals surface area (Å²) < 4.78 is 0. The third-order valence-corrected chi connectivity index (χ3v) is 3.61. The smallest absolute Gasteiger partial charge is 0.194 e. The molecule has 2 rings (SSSR count). The second-order valence-corrected chi connectivity index (χ2v) is 4.97. The number of hydrogen-bond acceptors (Lipinski definition) is 3. The van der Waals surface area contributed by atoms with E-state index in [-0.39, 0.29) is 12.4 Å². The number of aliphatic imine (C=N–C) groups is 1. The van der Waals surface area contributed by atoms with E-state index in [1.54, 1.807) is 0 Å². The second kappa shape index (κ2) is 7.61. The minimum Gasteiger partial charge on any atom is -0.352 e. The van der Waals surface area contributed by atoms with Crippen LogP contribution in [-0.2, 0) is 6.54 Å². The molecule has 0 saturated carbocycles. The van der Waals surface area contributed by atoms with Crippen molar-refractivity contribution >= 4 is 30.0 Å². The molecule has 0 spiro atoms. The third kappa shape index (κ3) is 4.02. The minimum absolute atomic E-state index is 0. The van der Waals surface area contributed by atoms with Gasteiger partial charge in [0.05, 0.1) is 6.54 Å². The molecule has 1 N–H and O–H groups in total. The van der Waals surface area contributed by atoms with E-state index in [1.807, 2.05) is 0 Å². The number of alkyl halides is 1. The van der Waals surface area contributed by atoms with Crippen LogP contribution in [0, 0.1) is 13.8 Å². The lowest BCUT2D eigenvalue weighted by molar-refractivity contribution is 0.468. The maximum atomic E-state index is 5.79. The highest BCUT2D eigenvalue weighted by Crippen LogP contribution is 2.12. The molecule has 1 aliphatic rings. The maximum absolute atomic E-state index is 5.79. The van der Waals surface area contributed by atoms with E-state index < -0.39 is 0 Å². The highest BCUT2D eigenvalue weighted by molar-refractivity contribution is 6.18. The van der Waals surface area contributed by atoms with Gasteiger partial charge >= 0.3 is 0 Å². The summed E-state index contributed by atoms with van der Waals surface area (Å²) in [6, 6.07) is 6.41. The van der Waals surface area contributed by atoms with E-state index in [0.717, 1.165) is 32.1 Å². The molecule has 0 aliphatic carbocycles. The average Bonchev–Trinajstić information content (AvgIpc) is 2.79. The maximum Gasteiger partial charge on any atom is 0.194 e. The zero-order valence-electron chi connectivity index (χ0n) is 11.4. The molecule has 5 heteroatoms. The molecule has 3 nitrogen and oxygen atoms in total. The van der Waals surface area contributed by atoms with Crippen molar-refractivity contribution in [2.75, 3.05) is 25.5 Å². The predicted octanol–water partition coefficient (Wildman–Crippen LogP) is 2.73. The monoisotopic (exact) mass is 301 g/mol. The molecule has 0 bridgehead atoms. The standard InChI is InChI=1S/C14H20ClN3.ClH/c1-11-4-3-5-13(12(11)2)10-17-14-16-7-9-18(14)8-6-15;/h3-5H,6-10H2,1-2H3,(H,16,17);1H. The molecule has 0 aromatic heterocycles. The van der Waals surface area contributed by atoms with Crippen LogP contribution in [-0.4, -0.2) is 36.4 Å². The lowest BCUT2D eigenvalue weighted by Gasteiger charge is -2.20. The Morgan fingerprint density at radius 1 is 1.37 bits per heavy atom. The largest absolute Gasteiger partial charge is 0.352 e. The molecule has 1 heterocycles. The lowest BCUT2D eigenvalue weighted by Crippen LogP contribution is -2.39. The van der Waals surface area contributed by atoms with Crippen LogP contribution < -0.4 is 5.32 Å². The summed E-state index contributed by atoms with van der Waals surface area (Å²) in [5.41, 5.74) is 4.02. The number of nitrogens with one attached hydrogen (secondary N) is 1. The first-order chi connectivity index (χ1) is 8.72. The number of halogens is 2. The van der Waals surface area contributed by atoms with Gasteiger partial charge in [-0.05, 0) is 30.5 Å². The fourth-order valence-electron chi connectivity index (χ4n) is 2.15. The average molecular weight is 302 g/mol. The summed E-state index contributed by atoms with van der Waals surface area (Å²) in [4.78, 5) is 6.68. The van der Waals surface area contributed by atoms with Crippen LogP contribution >= 0.6 is 24.0 Å². The van der Waals surface area contributed by atoms with Gasteiger partial charge in [0.15, 0.2) is 5.96 Å². The lowest BCUT2D eigenvalue weighted by atomic mass is 10.0. The van der Waals surface area contributed by atoms with Gasteiger partial charge in [-0.1, -0.05) is 18.2 Å². The van der Waals surface area contributed by atoms with Crippen LogP contribution in [0.1, 0.15) is 16.7 Å². The Morgan fingerprint density at radius 2 is 2.16 bits per heavy atom. The van der Waals surface area contributed by atoms with Crippen LogP contribution in [0.5, 0.6) is 0 Å². The molecular weight excluding hydrogens is 281 g/mol. The number of benzene rings is 1. The molecule has 1 aromatic rings. The molecule has 0 atom stereocenters. The zero-order chi connectivity index (χ0) is 13.0. The first kappa shape index (κ1) is 16.1. The molecule has 0 amide bonds. The van der Waals surface area contributed by atoms with Crippen molar-refractivity contribution in [1.29, 1.82) is 0 Å². The molecule has 1 aliphatic heterocycles. The Morgan fingerprint density at radius 3 is 2.89 bits per heavy atom. The Labute approximate surface area is 126 Å². The van der Waals surface area contributed by atoms with Gasteiger partial charge in [0.1, 0.15) is 0 Å². The van der Waals surface area contributed by atoms with Gasteiger partial charge in [-0.15, -0.1) is 24.0 Å². The van der Waals surface area contributed by atoms with E-state index in [1.165, 1.54) is 16.7 Å². The van der Waals surface area contributed by atoms with E-state index in [0.29, 0.717) is 5.88 Å². The summed E-state index contributed by atoms with van der Waals surface area (Å²) in [5, 5.41) is 3.42. The van der Waals surface area contributed by atoms with Crippen LogP contribution in [0.2, 0.25) is 0 Å². The van der Waals surface area contributed by atoms with Gasteiger partial charge in [0, 0.05) is 25.5 Å². The molecule has 106 valence electrons. The highest BCUT2D eigenvalue weighted by Gasteiger charge is 2.15. The molecule has 0 fully saturated rings. The number of rotatable bonds is 4. The number of hydrogen-bond donors (Lipinski definition) is 1. The summed E-state index contributed by atoms with van der Waals surface area (Å²) >= 11 is 5.79. The van der Waals surface area contributed by atoms with Gasteiger partial charge in [-0.2, -0.15) is 0 Å². The zero-order valence-corrected chi connectivity index (χ0v) is 13.0. The fraction of sp³-hybridized carbons (Fsp3) is 0.500. The van der Waals surface area contributed by atoms with Gasteiger partial charge in [0.25, 0.3) is 0 Å². The van der Waals surface area contributed by atoms with Crippen LogP contribution in [0.15, 0.2) is 23.2 Å². The van der Waals surface area contributed by atoms with Crippen molar-refractivity contribution in [3.63, 3.8) is 0 Å². The van der Waals surface area contributed by atoms with Gasteiger partial charge in [-0.25, -0.2) is 0 Å².